The molecule has 0 spiro atoms. The number of carboxylic acids is 1. The number of aromatic nitrogens is 2. The molecule has 0 bridgehead atoms. The third-order valence-electron chi connectivity index (χ3n) is 5.49. The molecule has 1 aliphatic carbocycles. The molecule has 0 amide bonds. The molecule has 2 aromatic heterocycles. The van der Waals surface area contributed by atoms with Crippen LogP contribution in [-0.4, -0.2) is 26.8 Å². The highest BCUT2D eigenvalue weighted by Crippen LogP contribution is 2.28. The molecule has 0 saturated heterocycles. The van der Waals surface area contributed by atoms with E-state index >= 15 is 0 Å². The van der Waals surface area contributed by atoms with E-state index in [1.807, 2.05) is 12.1 Å². The molecule has 0 unspecified atom stereocenters. The van der Waals surface area contributed by atoms with Crippen molar-refractivity contribution < 1.29 is 14.3 Å². The molecule has 0 saturated carbocycles. The third-order valence-corrected chi connectivity index (χ3v) is 5.49. The Balaban J connectivity index is 1.53. The molecule has 0 fully saturated rings. The van der Waals surface area contributed by atoms with Gasteiger partial charge in [-0.2, -0.15) is 0 Å². The monoisotopic (exact) mass is 443 g/mol. The normalized spacial score (nSPS) is 13.7. The zero-order valence-electron chi connectivity index (χ0n) is 18.4. The van der Waals surface area contributed by atoms with Crippen molar-refractivity contribution in [2.24, 2.45) is 4.99 Å². The van der Waals surface area contributed by atoms with E-state index < -0.39 is 5.97 Å². The van der Waals surface area contributed by atoms with Crippen molar-refractivity contribution in [2.45, 2.75) is 39.2 Å². The minimum atomic E-state index is -1.01. The number of benzene rings is 1. The maximum atomic E-state index is 12.9. The maximum Gasteiger partial charge on any atom is 0.335 e. The molecule has 0 aliphatic heterocycles. The van der Waals surface area contributed by atoms with E-state index in [-0.39, 0.29) is 17.7 Å². The summed E-state index contributed by atoms with van der Waals surface area (Å²) in [6, 6.07) is 11.9. The van der Waals surface area contributed by atoms with E-state index in [0.717, 1.165) is 25.0 Å². The van der Waals surface area contributed by atoms with Crippen LogP contribution in [0.5, 0.6) is 0 Å². The van der Waals surface area contributed by atoms with Gasteiger partial charge in [0.15, 0.2) is 0 Å². The molecule has 1 aromatic carbocycles. The van der Waals surface area contributed by atoms with Crippen LogP contribution in [0.4, 0.5) is 5.95 Å². The molecule has 168 valence electrons. The lowest BCUT2D eigenvalue weighted by Crippen LogP contribution is -2.22. The Kier molecular flexibility index (Phi) is 6.78. The molecule has 33 heavy (non-hydrogen) atoms. The first-order valence-corrected chi connectivity index (χ1v) is 10.9. The second kappa shape index (κ2) is 10.1. The SMILES string of the molecule is CC=Nc1nc(CCC2=CCCC(c3ccco3)=C2)cc(=O)n1Cc1cccc(C(=O)O)c1. The Morgan fingerprint density at radius 1 is 1.24 bits per heavy atom. The number of furan rings is 1. The van der Waals surface area contributed by atoms with Crippen molar-refractivity contribution in [1.82, 2.24) is 9.55 Å². The van der Waals surface area contributed by atoms with E-state index in [9.17, 15) is 14.7 Å². The first-order valence-electron chi connectivity index (χ1n) is 10.9. The van der Waals surface area contributed by atoms with Gasteiger partial charge in [-0.3, -0.25) is 9.36 Å². The maximum absolute atomic E-state index is 12.9. The van der Waals surface area contributed by atoms with E-state index in [2.05, 4.69) is 22.1 Å². The number of rotatable bonds is 8. The predicted molar refractivity (Wildman–Crippen MR) is 127 cm³/mol. The highest BCUT2D eigenvalue weighted by molar-refractivity contribution is 5.87. The fraction of sp³-hybridized carbons (Fsp3) is 0.231. The third kappa shape index (κ3) is 5.44. The van der Waals surface area contributed by atoms with Crippen molar-refractivity contribution in [1.29, 1.82) is 0 Å². The van der Waals surface area contributed by atoms with Gasteiger partial charge in [-0.1, -0.05) is 29.9 Å². The molecule has 7 heteroatoms. The Bertz CT molecular complexity index is 1300. The zero-order valence-corrected chi connectivity index (χ0v) is 18.4. The van der Waals surface area contributed by atoms with Gasteiger partial charge in [0.25, 0.3) is 5.56 Å². The summed E-state index contributed by atoms with van der Waals surface area (Å²) >= 11 is 0. The van der Waals surface area contributed by atoms with Crippen molar-refractivity contribution in [3.8, 4) is 0 Å². The summed E-state index contributed by atoms with van der Waals surface area (Å²) in [5.41, 5.74) is 3.71. The fourth-order valence-electron chi connectivity index (χ4n) is 3.89. The Morgan fingerprint density at radius 3 is 2.88 bits per heavy atom. The summed E-state index contributed by atoms with van der Waals surface area (Å²) in [5, 5.41) is 9.22. The van der Waals surface area contributed by atoms with Crippen LogP contribution in [0.15, 0.2) is 80.7 Å². The van der Waals surface area contributed by atoms with Gasteiger partial charge in [0.2, 0.25) is 5.95 Å². The topological polar surface area (TPSA) is 97.7 Å². The lowest BCUT2D eigenvalue weighted by atomic mass is 9.95. The summed E-state index contributed by atoms with van der Waals surface area (Å²) < 4.78 is 6.98. The van der Waals surface area contributed by atoms with Crippen LogP contribution in [0.1, 0.15) is 53.6 Å². The molecular formula is C26H25N3O4. The van der Waals surface area contributed by atoms with Gasteiger partial charge >= 0.3 is 5.97 Å². The molecule has 4 rings (SSSR count). The second-order valence-corrected chi connectivity index (χ2v) is 7.83. The summed E-state index contributed by atoms with van der Waals surface area (Å²) in [7, 11) is 0. The summed E-state index contributed by atoms with van der Waals surface area (Å²) in [6.07, 6.45) is 10.9. The minimum Gasteiger partial charge on any atom is -0.478 e. The Hall–Kier alpha value is -4.00. The largest absolute Gasteiger partial charge is 0.478 e. The van der Waals surface area contributed by atoms with Crippen LogP contribution in [0, 0.1) is 0 Å². The average Bonchev–Trinajstić information content (AvgIpc) is 3.36. The lowest BCUT2D eigenvalue weighted by molar-refractivity contribution is 0.0696. The molecule has 1 aliphatic rings. The van der Waals surface area contributed by atoms with E-state index in [1.54, 1.807) is 37.6 Å². The van der Waals surface area contributed by atoms with Gasteiger partial charge < -0.3 is 9.52 Å². The van der Waals surface area contributed by atoms with Crippen molar-refractivity contribution in [3.05, 3.63) is 99.4 Å². The number of carboxylic acid groups (broad SMARTS) is 1. The molecule has 0 atom stereocenters. The summed E-state index contributed by atoms with van der Waals surface area (Å²) in [6.45, 7) is 1.96. The highest BCUT2D eigenvalue weighted by Gasteiger charge is 2.13. The van der Waals surface area contributed by atoms with Gasteiger partial charge in [0.05, 0.1) is 24.1 Å². The molecule has 0 radical (unpaired) electrons. The molecule has 7 nitrogen and oxygen atoms in total. The van der Waals surface area contributed by atoms with E-state index in [1.165, 1.54) is 27.8 Å². The van der Waals surface area contributed by atoms with Gasteiger partial charge in [0, 0.05) is 12.3 Å². The summed E-state index contributed by atoms with van der Waals surface area (Å²) in [4.78, 5) is 33.1. The molecule has 3 aromatic rings. The van der Waals surface area contributed by atoms with Crippen LogP contribution < -0.4 is 5.56 Å². The van der Waals surface area contributed by atoms with Gasteiger partial charge in [-0.25, -0.2) is 14.8 Å². The highest BCUT2D eigenvalue weighted by atomic mass is 16.4. The van der Waals surface area contributed by atoms with Gasteiger partial charge in [0.1, 0.15) is 5.76 Å². The van der Waals surface area contributed by atoms with Crippen LogP contribution in [0.2, 0.25) is 0 Å². The zero-order chi connectivity index (χ0) is 23.2. The Labute approximate surface area is 191 Å². The molecule has 1 N–H and O–H groups in total. The first-order chi connectivity index (χ1) is 16.0. The van der Waals surface area contributed by atoms with Crippen LogP contribution in [0.25, 0.3) is 5.57 Å². The number of hydrogen-bond acceptors (Lipinski definition) is 5. The fourth-order valence-corrected chi connectivity index (χ4v) is 3.89. The standard InChI is InChI=1S/C26H25N3O4/c1-2-27-26-28-22(12-11-18-6-3-8-20(14-18)23-10-5-13-33-23)16-24(30)29(26)17-19-7-4-9-21(15-19)25(31)32/h2,4-7,9-10,13-16H,3,8,11-12,17H2,1H3,(H,31,32). The first kappa shape index (κ1) is 22.2. The van der Waals surface area contributed by atoms with Crippen LogP contribution >= 0.6 is 0 Å². The lowest BCUT2D eigenvalue weighted by Gasteiger charge is -2.13. The van der Waals surface area contributed by atoms with Crippen molar-refractivity contribution in [2.75, 3.05) is 0 Å². The average molecular weight is 444 g/mol. The number of carbonyl (C=O) groups is 1. The number of nitrogens with zero attached hydrogens (tertiary/aromatic N) is 3. The quantitative estimate of drug-likeness (QED) is 0.492. The van der Waals surface area contributed by atoms with Gasteiger partial charge in [-0.15, -0.1) is 0 Å². The summed E-state index contributed by atoms with van der Waals surface area (Å²) in [5.74, 6) is 0.198. The Morgan fingerprint density at radius 2 is 2.12 bits per heavy atom. The predicted octanol–water partition coefficient (Wildman–Crippen LogP) is 5.04. The number of aromatic carboxylic acids is 1. The smallest absolute Gasteiger partial charge is 0.335 e. The van der Waals surface area contributed by atoms with Crippen molar-refractivity contribution in [3.63, 3.8) is 0 Å². The number of aryl methyl sites for hydroxylation is 1. The number of aliphatic imine (C=N–C) groups is 1. The van der Waals surface area contributed by atoms with Gasteiger partial charge in [-0.05, 0) is 68.0 Å². The van der Waals surface area contributed by atoms with Crippen LogP contribution in [-0.2, 0) is 13.0 Å². The van der Waals surface area contributed by atoms with Crippen molar-refractivity contribution >= 4 is 23.7 Å². The van der Waals surface area contributed by atoms with E-state index in [4.69, 9.17) is 4.42 Å². The van der Waals surface area contributed by atoms with E-state index in [0.29, 0.717) is 23.6 Å². The number of allylic oxidation sites excluding steroid dienone is 4. The number of hydrogen-bond donors (Lipinski definition) is 1. The second-order valence-electron chi connectivity index (χ2n) is 7.83. The molecule has 2 heterocycles. The minimum absolute atomic E-state index is 0.174. The van der Waals surface area contributed by atoms with Crippen LogP contribution in [0.3, 0.4) is 0 Å². The molecular weight excluding hydrogens is 418 g/mol.